The molecule has 0 spiro atoms. The summed E-state index contributed by atoms with van der Waals surface area (Å²) in [5.74, 6) is 0.204. The van der Waals surface area contributed by atoms with Crippen LogP contribution in [-0.4, -0.2) is 57.3 Å². The second kappa shape index (κ2) is 12.0. The maximum atomic E-state index is 13.2. The highest BCUT2D eigenvalue weighted by atomic mass is 32.2. The lowest BCUT2D eigenvalue weighted by atomic mass is 10.2. The van der Waals surface area contributed by atoms with Gasteiger partial charge in [-0.2, -0.15) is 13.4 Å². The molecule has 0 saturated heterocycles. The first-order valence-corrected chi connectivity index (χ1v) is 13.6. The number of para-hydroxylation sites is 2. The number of hydrogen-bond donors (Lipinski definition) is 1. The van der Waals surface area contributed by atoms with Crippen molar-refractivity contribution in [2.75, 3.05) is 32.7 Å². The third-order valence-corrected chi connectivity index (χ3v) is 7.69. The fraction of sp³-hybridized carbons (Fsp3) is 0.200. The van der Waals surface area contributed by atoms with Gasteiger partial charge >= 0.3 is 5.97 Å². The quantitative estimate of drug-likeness (QED) is 0.259. The molecule has 4 rings (SSSR count). The summed E-state index contributed by atoms with van der Waals surface area (Å²) in [5.41, 5.74) is 0.449. The number of benzene rings is 2. The number of rotatable bonds is 11. The van der Waals surface area contributed by atoms with Crippen molar-refractivity contribution in [3.05, 3.63) is 59.6 Å². The smallest absolute Gasteiger partial charge is 0.343 e. The summed E-state index contributed by atoms with van der Waals surface area (Å²) in [5, 5.41) is 0. The number of esters is 1. The Morgan fingerprint density at radius 1 is 1.00 bits per heavy atom. The lowest BCUT2D eigenvalue weighted by molar-refractivity contribution is -0.142. The largest absolute Gasteiger partial charge is 0.493 e. The summed E-state index contributed by atoms with van der Waals surface area (Å²) in [7, 11) is -0.0599. The molecular weight excluding hydrogens is 548 g/mol. The fourth-order valence-electron chi connectivity index (χ4n) is 3.23. The third kappa shape index (κ3) is 6.53. The van der Waals surface area contributed by atoms with Gasteiger partial charge in [-0.15, -0.1) is 11.3 Å². The minimum atomic E-state index is -4.15. The molecule has 0 atom stereocenters. The monoisotopic (exact) mass is 572 g/mol. The Hall–Kier alpha value is -4.43. The van der Waals surface area contributed by atoms with E-state index in [9.17, 15) is 13.2 Å². The Bertz CT molecular complexity index is 1590. The Balaban J connectivity index is 1.81. The zero-order valence-electron chi connectivity index (χ0n) is 21.3. The highest BCUT2D eigenvalue weighted by molar-refractivity contribution is 7.94. The molecule has 39 heavy (non-hydrogen) atoms. The van der Waals surface area contributed by atoms with Gasteiger partial charge < -0.3 is 23.7 Å². The Labute approximate surface area is 228 Å². The van der Waals surface area contributed by atoms with Crippen LogP contribution < -0.4 is 23.7 Å². The van der Waals surface area contributed by atoms with Crippen molar-refractivity contribution in [1.82, 2.24) is 15.0 Å². The van der Waals surface area contributed by atoms with E-state index in [1.165, 1.54) is 27.5 Å². The summed E-state index contributed by atoms with van der Waals surface area (Å²) < 4.78 is 55.7. The zero-order chi connectivity index (χ0) is 28.0. The SMILES string of the molecule is COC(=O)COc1cccc(-c2nc(NS(=O)(=O)c3ncc(C)s3)c(Oc3ccccc3OC)c(OC)n2)c1. The lowest BCUT2D eigenvalue weighted by Gasteiger charge is -2.17. The molecular formula is C25H24N4O8S2. The number of sulfonamides is 1. The number of aryl methyl sites for hydroxylation is 1. The third-order valence-electron chi connectivity index (χ3n) is 5.05. The van der Waals surface area contributed by atoms with Gasteiger partial charge in [0.1, 0.15) is 5.75 Å². The molecule has 12 nitrogen and oxygen atoms in total. The number of hydrogen-bond acceptors (Lipinski definition) is 12. The van der Waals surface area contributed by atoms with Crippen molar-refractivity contribution >= 4 is 33.1 Å². The first kappa shape index (κ1) is 27.6. The summed E-state index contributed by atoms with van der Waals surface area (Å²) in [6.07, 6.45) is 1.46. The Kier molecular flexibility index (Phi) is 8.46. The van der Waals surface area contributed by atoms with E-state index in [4.69, 9.17) is 18.9 Å². The highest BCUT2D eigenvalue weighted by Gasteiger charge is 2.26. The van der Waals surface area contributed by atoms with Gasteiger partial charge in [-0.25, -0.2) is 14.8 Å². The molecule has 0 saturated carbocycles. The molecule has 2 aromatic carbocycles. The predicted octanol–water partition coefficient (Wildman–Crippen LogP) is 4.07. The van der Waals surface area contributed by atoms with Crippen LogP contribution in [0.15, 0.2) is 59.1 Å². The maximum Gasteiger partial charge on any atom is 0.343 e. The fourth-order valence-corrected chi connectivity index (χ4v) is 5.34. The number of nitrogens with zero attached hydrogens (tertiary/aromatic N) is 3. The first-order valence-electron chi connectivity index (χ1n) is 11.3. The zero-order valence-corrected chi connectivity index (χ0v) is 23.0. The van der Waals surface area contributed by atoms with Crippen LogP contribution in [0.2, 0.25) is 0 Å². The van der Waals surface area contributed by atoms with Crippen LogP contribution in [0.4, 0.5) is 5.82 Å². The van der Waals surface area contributed by atoms with E-state index in [1.807, 2.05) is 0 Å². The lowest BCUT2D eigenvalue weighted by Crippen LogP contribution is -2.15. The second-order valence-corrected chi connectivity index (χ2v) is 10.8. The molecule has 0 aliphatic carbocycles. The maximum absolute atomic E-state index is 13.2. The Morgan fingerprint density at radius 2 is 1.77 bits per heavy atom. The number of carbonyl (C=O) groups excluding carboxylic acids is 1. The molecule has 4 aromatic rings. The number of thiazole rings is 1. The van der Waals surface area contributed by atoms with Gasteiger partial charge in [0, 0.05) is 16.6 Å². The molecule has 1 N–H and O–H groups in total. The van der Waals surface area contributed by atoms with E-state index in [1.54, 1.807) is 55.5 Å². The Morgan fingerprint density at radius 3 is 2.44 bits per heavy atom. The molecule has 0 aliphatic rings. The van der Waals surface area contributed by atoms with Crippen LogP contribution in [-0.2, 0) is 19.6 Å². The van der Waals surface area contributed by atoms with E-state index in [-0.39, 0.29) is 40.0 Å². The number of carbonyl (C=O) groups is 1. The molecule has 2 aromatic heterocycles. The summed E-state index contributed by atoms with van der Waals surface area (Å²) >= 11 is 1.00. The molecule has 2 heterocycles. The molecule has 204 valence electrons. The standard InChI is InChI=1S/C25H24N4O8S2/c1-15-13-26-25(38-15)39(31,32)29-23-21(37-19-11-6-5-10-18(19)33-2)24(35-4)28-22(27-23)16-8-7-9-17(12-16)36-14-20(30)34-3/h5-13H,14H2,1-4H3,(H,27,28,29). The van der Waals surface area contributed by atoms with Crippen LogP contribution in [0.5, 0.6) is 28.9 Å². The first-order chi connectivity index (χ1) is 18.7. The van der Waals surface area contributed by atoms with E-state index >= 15 is 0 Å². The van der Waals surface area contributed by atoms with E-state index < -0.39 is 16.0 Å². The van der Waals surface area contributed by atoms with Gasteiger partial charge in [-0.3, -0.25) is 4.72 Å². The summed E-state index contributed by atoms with van der Waals surface area (Å²) in [4.78, 5) is 25.1. The van der Waals surface area contributed by atoms with Crippen molar-refractivity contribution in [3.63, 3.8) is 0 Å². The van der Waals surface area contributed by atoms with Crippen molar-refractivity contribution < 1.29 is 36.9 Å². The summed E-state index contributed by atoms with van der Waals surface area (Å²) in [6, 6.07) is 13.4. The topological polar surface area (TPSA) is 148 Å². The van der Waals surface area contributed by atoms with Crippen molar-refractivity contribution in [1.29, 1.82) is 0 Å². The van der Waals surface area contributed by atoms with Gasteiger partial charge in [0.2, 0.25) is 10.1 Å². The van der Waals surface area contributed by atoms with Gasteiger partial charge in [0.25, 0.3) is 15.9 Å². The minimum Gasteiger partial charge on any atom is -0.493 e. The number of methoxy groups -OCH3 is 3. The van der Waals surface area contributed by atoms with Gasteiger partial charge in [-0.1, -0.05) is 24.3 Å². The van der Waals surface area contributed by atoms with Crippen molar-refractivity contribution in [3.8, 4) is 40.3 Å². The molecule has 0 bridgehead atoms. The highest BCUT2D eigenvalue weighted by Crippen LogP contribution is 2.41. The average molecular weight is 573 g/mol. The predicted molar refractivity (Wildman–Crippen MR) is 142 cm³/mol. The molecule has 0 fully saturated rings. The minimum absolute atomic E-state index is 0.0557. The van der Waals surface area contributed by atoms with Crippen LogP contribution in [0.1, 0.15) is 4.88 Å². The van der Waals surface area contributed by atoms with Crippen LogP contribution in [0.3, 0.4) is 0 Å². The number of nitrogens with one attached hydrogen (secondary N) is 1. The van der Waals surface area contributed by atoms with Crippen molar-refractivity contribution in [2.24, 2.45) is 0 Å². The van der Waals surface area contributed by atoms with Gasteiger partial charge in [-0.05, 0) is 31.2 Å². The average Bonchev–Trinajstić information content (AvgIpc) is 3.40. The molecule has 0 unspecified atom stereocenters. The summed E-state index contributed by atoms with van der Waals surface area (Å²) in [6.45, 7) is 1.45. The number of anilines is 1. The van der Waals surface area contributed by atoms with Gasteiger partial charge in [0.15, 0.2) is 29.7 Å². The molecule has 0 amide bonds. The van der Waals surface area contributed by atoms with E-state index in [0.717, 1.165) is 11.3 Å². The van der Waals surface area contributed by atoms with Crippen LogP contribution in [0, 0.1) is 6.92 Å². The van der Waals surface area contributed by atoms with Crippen LogP contribution in [0.25, 0.3) is 11.4 Å². The normalized spacial score (nSPS) is 11.0. The number of ether oxygens (including phenoxy) is 5. The molecule has 14 heteroatoms. The number of aromatic nitrogens is 3. The van der Waals surface area contributed by atoms with E-state index in [0.29, 0.717) is 21.9 Å². The van der Waals surface area contributed by atoms with Crippen LogP contribution >= 0.6 is 11.3 Å². The molecule has 0 aliphatic heterocycles. The molecule has 0 radical (unpaired) electrons. The van der Waals surface area contributed by atoms with Gasteiger partial charge in [0.05, 0.1) is 21.3 Å². The van der Waals surface area contributed by atoms with Crippen molar-refractivity contribution in [2.45, 2.75) is 11.3 Å². The second-order valence-electron chi connectivity index (χ2n) is 7.72. The van der Waals surface area contributed by atoms with E-state index in [2.05, 4.69) is 24.4 Å².